The van der Waals surface area contributed by atoms with Crippen LogP contribution < -0.4 is 15.4 Å². The number of anilines is 3. The molecule has 2 aromatic heterocycles. The number of hydrogen-bond donors (Lipinski definition) is 2. The summed E-state index contributed by atoms with van der Waals surface area (Å²) in [6, 6.07) is 15.9. The standard InChI is InChI=1S/C31H34FN5O3S/c1-2-22(7-4-6-14-37-15-17-39-18-16-37)30(38)34-24-9-11-27-29(20-24)41-31(36-27)35-23-10-12-28(26(32)19-23)40-21-25-8-3-5-13-33-25/h2-3,5,8-13,19-20H,4,6-7,14-18,21H2,1H3,(H,34,38)(H,35,36). The number of thiazole rings is 1. The Hall–Kier alpha value is -3.86. The highest BCUT2D eigenvalue weighted by atomic mass is 32.1. The molecule has 0 aliphatic carbocycles. The number of halogens is 1. The van der Waals surface area contributed by atoms with Gasteiger partial charge < -0.3 is 20.1 Å². The molecule has 1 fully saturated rings. The average Bonchev–Trinajstić information content (AvgIpc) is 3.39. The largest absolute Gasteiger partial charge is 0.484 e. The van der Waals surface area contributed by atoms with Crippen LogP contribution in [0.1, 0.15) is 31.9 Å². The molecule has 3 heterocycles. The molecule has 41 heavy (non-hydrogen) atoms. The molecular formula is C31H34FN5O3S. The molecule has 0 atom stereocenters. The van der Waals surface area contributed by atoms with Crippen molar-refractivity contribution in [1.29, 1.82) is 0 Å². The van der Waals surface area contributed by atoms with Gasteiger partial charge in [-0.1, -0.05) is 23.5 Å². The molecule has 0 saturated carbocycles. The monoisotopic (exact) mass is 575 g/mol. The molecule has 0 unspecified atom stereocenters. The lowest BCUT2D eigenvalue weighted by Crippen LogP contribution is -2.36. The lowest BCUT2D eigenvalue weighted by molar-refractivity contribution is -0.113. The number of benzene rings is 2. The maximum absolute atomic E-state index is 14.7. The highest BCUT2D eigenvalue weighted by molar-refractivity contribution is 7.22. The molecule has 4 aromatic rings. The molecule has 0 bridgehead atoms. The SMILES string of the molecule is CC=C(CCCCN1CCOCC1)C(=O)Nc1ccc2nc(Nc3ccc(OCc4ccccn4)c(F)c3)sc2c1. The molecule has 1 aliphatic heterocycles. The summed E-state index contributed by atoms with van der Waals surface area (Å²) in [5, 5.41) is 6.82. The number of carbonyl (C=O) groups excluding carboxylic acids is 1. The topological polar surface area (TPSA) is 88.6 Å². The molecule has 10 heteroatoms. The Balaban J connectivity index is 1.14. The Labute approximate surface area is 243 Å². The first-order valence-corrected chi connectivity index (χ1v) is 14.7. The lowest BCUT2D eigenvalue weighted by atomic mass is 10.1. The molecule has 2 aromatic carbocycles. The number of pyridine rings is 1. The Morgan fingerprint density at radius 1 is 1.12 bits per heavy atom. The van der Waals surface area contributed by atoms with Gasteiger partial charge in [0.25, 0.3) is 5.91 Å². The zero-order valence-corrected chi connectivity index (χ0v) is 23.9. The van der Waals surface area contributed by atoms with Crippen molar-refractivity contribution in [3.8, 4) is 5.75 Å². The van der Waals surface area contributed by atoms with Gasteiger partial charge in [-0.2, -0.15) is 0 Å². The smallest absolute Gasteiger partial charge is 0.251 e. The predicted molar refractivity (Wildman–Crippen MR) is 161 cm³/mol. The average molecular weight is 576 g/mol. The van der Waals surface area contributed by atoms with Gasteiger partial charge in [0, 0.05) is 42.3 Å². The molecule has 1 aliphatic rings. The summed E-state index contributed by atoms with van der Waals surface area (Å²) in [5.74, 6) is -0.400. The molecule has 1 amide bonds. The molecule has 0 radical (unpaired) electrons. The number of morpholine rings is 1. The van der Waals surface area contributed by atoms with E-state index in [0.717, 1.165) is 73.6 Å². The molecule has 5 rings (SSSR count). The summed E-state index contributed by atoms with van der Waals surface area (Å²) in [6.45, 7) is 6.71. The third-order valence-electron chi connectivity index (χ3n) is 6.85. The van der Waals surface area contributed by atoms with Crippen LogP contribution in [0.15, 0.2) is 72.4 Å². The Bertz CT molecular complexity index is 1490. The third kappa shape index (κ3) is 8.09. The summed E-state index contributed by atoms with van der Waals surface area (Å²) >= 11 is 1.43. The number of fused-ring (bicyclic) bond motifs is 1. The summed E-state index contributed by atoms with van der Waals surface area (Å²) in [5.41, 5.74) is 3.58. The van der Waals surface area contributed by atoms with E-state index in [4.69, 9.17) is 9.47 Å². The number of unbranched alkanes of at least 4 members (excludes halogenated alkanes) is 1. The minimum atomic E-state index is -0.474. The first kappa shape index (κ1) is 28.7. The summed E-state index contributed by atoms with van der Waals surface area (Å²) in [7, 11) is 0. The minimum absolute atomic E-state index is 0.0816. The van der Waals surface area contributed by atoms with E-state index in [0.29, 0.717) is 16.5 Å². The second-order valence-corrected chi connectivity index (χ2v) is 10.8. The number of amides is 1. The third-order valence-corrected chi connectivity index (χ3v) is 7.78. The highest BCUT2D eigenvalue weighted by Gasteiger charge is 2.13. The lowest BCUT2D eigenvalue weighted by Gasteiger charge is -2.26. The van der Waals surface area contributed by atoms with Crippen molar-refractivity contribution < 1.29 is 18.7 Å². The van der Waals surface area contributed by atoms with Crippen molar-refractivity contribution in [2.45, 2.75) is 32.8 Å². The first-order chi connectivity index (χ1) is 20.1. The number of rotatable bonds is 12. The van der Waals surface area contributed by atoms with E-state index in [1.165, 1.54) is 17.4 Å². The number of ether oxygens (including phenoxy) is 2. The summed E-state index contributed by atoms with van der Waals surface area (Å²) < 4.78 is 26.5. The van der Waals surface area contributed by atoms with Crippen molar-refractivity contribution in [1.82, 2.24) is 14.9 Å². The molecule has 2 N–H and O–H groups in total. The van der Waals surface area contributed by atoms with Gasteiger partial charge in [-0.05, 0) is 75.2 Å². The van der Waals surface area contributed by atoms with Crippen molar-refractivity contribution in [3.63, 3.8) is 0 Å². The van der Waals surface area contributed by atoms with Gasteiger partial charge in [-0.3, -0.25) is 14.7 Å². The van der Waals surface area contributed by atoms with Crippen molar-refractivity contribution in [3.05, 3.63) is 84.0 Å². The van der Waals surface area contributed by atoms with Gasteiger partial charge in [-0.15, -0.1) is 0 Å². The molecule has 214 valence electrons. The number of allylic oxidation sites excluding steroid dienone is 1. The van der Waals surface area contributed by atoms with Crippen LogP contribution in [0.2, 0.25) is 0 Å². The Morgan fingerprint density at radius 2 is 1.98 bits per heavy atom. The van der Waals surface area contributed by atoms with E-state index >= 15 is 0 Å². The number of aromatic nitrogens is 2. The van der Waals surface area contributed by atoms with Gasteiger partial charge in [-0.25, -0.2) is 9.37 Å². The zero-order chi connectivity index (χ0) is 28.4. The van der Waals surface area contributed by atoms with Gasteiger partial charge in [0.2, 0.25) is 0 Å². The second-order valence-electron chi connectivity index (χ2n) is 9.76. The molecule has 0 spiro atoms. The maximum Gasteiger partial charge on any atom is 0.251 e. The van der Waals surface area contributed by atoms with Crippen molar-refractivity contribution in [2.24, 2.45) is 0 Å². The summed E-state index contributed by atoms with van der Waals surface area (Å²) in [4.78, 5) is 24.1. The number of nitrogens with zero attached hydrogens (tertiary/aromatic N) is 3. The normalized spacial score (nSPS) is 14.2. The van der Waals surface area contributed by atoms with E-state index < -0.39 is 5.82 Å². The Morgan fingerprint density at radius 3 is 2.76 bits per heavy atom. The van der Waals surface area contributed by atoms with Crippen LogP contribution in [0.3, 0.4) is 0 Å². The predicted octanol–water partition coefficient (Wildman–Crippen LogP) is 6.54. The van der Waals surface area contributed by atoms with Gasteiger partial charge in [0.1, 0.15) is 6.61 Å². The Kier molecular flexibility index (Phi) is 9.90. The molecular weight excluding hydrogens is 541 g/mol. The molecule has 1 saturated heterocycles. The van der Waals surface area contributed by atoms with Gasteiger partial charge in [0.05, 0.1) is 29.1 Å². The van der Waals surface area contributed by atoms with E-state index in [2.05, 4.69) is 25.5 Å². The van der Waals surface area contributed by atoms with E-state index in [1.54, 1.807) is 18.3 Å². The number of carbonyl (C=O) groups is 1. The van der Waals surface area contributed by atoms with E-state index in [-0.39, 0.29) is 18.3 Å². The van der Waals surface area contributed by atoms with Gasteiger partial charge >= 0.3 is 0 Å². The number of nitrogens with one attached hydrogen (secondary N) is 2. The van der Waals surface area contributed by atoms with Crippen LogP contribution in [-0.4, -0.2) is 53.6 Å². The van der Waals surface area contributed by atoms with Crippen LogP contribution >= 0.6 is 11.3 Å². The van der Waals surface area contributed by atoms with Crippen molar-refractivity contribution >= 4 is 44.0 Å². The van der Waals surface area contributed by atoms with E-state index in [9.17, 15) is 9.18 Å². The molecule has 8 nitrogen and oxygen atoms in total. The van der Waals surface area contributed by atoms with Crippen LogP contribution in [0, 0.1) is 5.82 Å². The van der Waals surface area contributed by atoms with Gasteiger partial charge in [0.15, 0.2) is 16.7 Å². The fourth-order valence-electron chi connectivity index (χ4n) is 4.59. The van der Waals surface area contributed by atoms with Crippen LogP contribution in [0.25, 0.3) is 10.2 Å². The van der Waals surface area contributed by atoms with E-state index in [1.807, 2.05) is 49.4 Å². The van der Waals surface area contributed by atoms with Crippen LogP contribution in [0.5, 0.6) is 5.75 Å². The fraction of sp³-hybridized carbons (Fsp3) is 0.323. The quantitative estimate of drug-likeness (QED) is 0.146. The number of hydrogen-bond acceptors (Lipinski definition) is 8. The second kappa shape index (κ2) is 14.2. The highest BCUT2D eigenvalue weighted by Crippen LogP contribution is 2.32. The fourth-order valence-corrected chi connectivity index (χ4v) is 5.51. The van der Waals surface area contributed by atoms with Crippen LogP contribution in [-0.2, 0) is 16.1 Å². The summed E-state index contributed by atoms with van der Waals surface area (Å²) in [6.07, 6.45) is 6.33. The minimum Gasteiger partial charge on any atom is -0.484 e. The van der Waals surface area contributed by atoms with Crippen molar-refractivity contribution in [2.75, 3.05) is 43.5 Å². The van der Waals surface area contributed by atoms with Crippen LogP contribution in [0.4, 0.5) is 20.9 Å². The maximum atomic E-state index is 14.7. The first-order valence-electron chi connectivity index (χ1n) is 13.8. The zero-order valence-electron chi connectivity index (χ0n) is 23.1.